The fraction of sp³-hybridized carbons (Fsp3) is 0.182. The van der Waals surface area contributed by atoms with Crippen molar-refractivity contribution in [2.45, 2.75) is 17.9 Å². The summed E-state index contributed by atoms with van der Waals surface area (Å²) < 4.78 is 30.4. The van der Waals surface area contributed by atoms with Crippen molar-refractivity contribution in [3.8, 4) is 5.75 Å². The molecule has 3 aromatic rings. The SMILES string of the molecule is COc1cccc(CCS(=O)(=O)c2ccc(NC(=O)NCc3ccncc3)cc2)c1. The van der Waals surface area contributed by atoms with Gasteiger partial charge in [0.05, 0.1) is 17.8 Å². The van der Waals surface area contributed by atoms with Gasteiger partial charge in [-0.1, -0.05) is 12.1 Å². The summed E-state index contributed by atoms with van der Waals surface area (Å²) in [5, 5.41) is 5.42. The highest BCUT2D eigenvalue weighted by molar-refractivity contribution is 7.91. The van der Waals surface area contributed by atoms with Gasteiger partial charge in [-0.25, -0.2) is 13.2 Å². The lowest BCUT2D eigenvalue weighted by Gasteiger charge is -2.09. The Morgan fingerprint density at radius 2 is 1.73 bits per heavy atom. The number of benzene rings is 2. The normalized spacial score (nSPS) is 11.0. The Bertz CT molecular complexity index is 1080. The molecular formula is C22H23N3O4S. The quantitative estimate of drug-likeness (QED) is 0.576. The summed E-state index contributed by atoms with van der Waals surface area (Å²) in [6, 6.07) is 16.7. The molecule has 30 heavy (non-hydrogen) atoms. The van der Waals surface area contributed by atoms with Crippen molar-refractivity contribution in [2.24, 2.45) is 0 Å². The van der Waals surface area contributed by atoms with Crippen LogP contribution in [0.4, 0.5) is 10.5 Å². The Kier molecular flexibility index (Phi) is 7.03. The smallest absolute Gasteiger partial charge is 0.319 e. The monoisotopic (exact) mass is 425 g/mol. The fourth-order valence-electron chi connectivity index (χ4n) is 2.80. The van der Waals surface area contributed by atoms with Gasteiger partial charge in [-0.2, -0.15) is 0 Å². The molecule has 2 N–H and O–H groups in total. The zero-order valence-corrected chi connectivity index (χ0v) is 17.4. The molecule has 0 saturated heterocycles. The van der Waals surface area contributed by atoms with E-state index in [9.17, 15) is 13.2 Å². The summed E-state index contributed by atoms with van der Waals surface area (Å²) in [7, 11) is -1.87. The molecule has 0 bridgehead atoms. The van der Waals surface area contributed by atoms with Crippen molar-refractivity contribution in [3.63, 3.8) is 0 Å². The van der Waals surface area contributed by atoms with Gasteiger partial charge < -0.3 is 15.4 Å². The molecule has 1 aromatic heterocycles. The topological polar surface area (TPSA) is 97.4 Å². The van der Waals surface area contributed by atoms with Gasteiger partial charge in [-0.05, 0) is 66.1 Å². The molecule has 7 nitrogen and oxygen atoms in total. The highest BCUT2D eigenvalue weighted by Crippen LogP contribution is 2.18. The van der Waals surface area contributed by atoms with Crippen molar-refractivity contribution in [1.29, 1.82) is 0 Å². The number of aromatic nitrogens is 1. The maximum atomic E-state index is 12.6. The molecule has 0 radical (unpaired) electrons. The fourth-order valence-corrected chi connectivity index (χ4v) is 4.09. The second kappa shape index (κ2) is 9.89. The van der Waals surface area contributed by atoms with E-state index >= 15 is 0 Å². The predicted molar refractivity (Wildman–Crippen MR) is 115 cm³/mol. The van der Waals surface area contributed by atoms with E-state index < -0.39 is 9.84 Å². The van der Waals surface area contributed by atoms with Crippen LogP contribution in [0.2, 0.25) is 0 Å². The lowest BCUT2D eigenvalue weighted by molar-refractivity contribution is 0.251. The molecule has 0 atom stereocenters. The molecule has 0 aliphatic rings. The number of carbonyl (C=O) groups is 1. The van der Waals surface area contributed by atoms with E-state index in [2.05, 4.69) is 15.6 Å². The van der Waals surface area contributed by atoms with Gasteiger partial charge in [0.1, 0.15) is 5.75 Å². The molecule has 0 aliphatic carbocycles. The average Bonchev–Trinajstić information content (AvgIpc) is 2.77. The van der Waals surface area contributed by atoms with Gasteiger partial charge in [-0.3, -0.25) is 4.98 Å². The second-order valence-corrected chi connectivity index (χ2v) is 8.72. The minimum atomic E-state index is -3.44. The van der Waals surface area contributed by atoms with Crippen LogP contribution >= 0.6 is 0 Å². The number of amides is 2. The standard InChI is InChI=1S/C22H23N3O4S/c1-29-20-4-2-3-17(15-20)11-14-30(27,28)21-7-5-19(6-8-21)25-22(26)24-16-18-9-12-23-13-10-18/h2-10,12-13,15H,11,14,16H2,1H3,(H2,24,25,26). The van der Waals surface area contributed by atoms with Crippen molar-refractivity contribution in [2.75, 3.05) is 18.2 Å². The van der Waals surface area contributed by atoms with Crippen molar-refractivity contribution >= 4 is 21.6 Å². The first-order valence-corrected chi connectivity index (χ1v) is 11.0. The van der Waals surface area contributed by atoms with Crippen LogP contribution < -0.4 is 15.4 Å². The van der Waals surface area contributed by atoms with Gasteiger partial charge in [0.2, 0.25) is 0 Å². The molecular weight excluding hydrogens is 402 g/mol. The summed E-state index contributed by atoms with van der Waals surface area (Å²) in [6.45, 7) is 0.366. The number of ether oxygens (including phenoxy) is 1. The number of carbonyl (C=O) groups excluding carboxylic acids is 1. The number of nitrogens with one attached hydrogen (secondary N) is 2. The van der Waals surface area contributed by atoms with Gasteiger partial charge in [0, 0.05) is 24.6 Å². The van der Waals surface area contributed by atoms with E-state index in [-0.39, 0.29) is 16.7 Å². The van der Waals surface area contributed by atoms with Crippen LogP contribution in [-0.4, -0.2) is 32.3 Å². The third-order valence-corrected chi connectivity index (χ3v) is 6.20. The van der Waals surface area contributed by atoms with Gasteiger partial charge in [-0.15, -0.1) is 0 Å². The van der Waals surface area contributed by atoms with E-state index in [4.69, 9.17) is 4.74 Å². The van der Waals surface area contributed by atoms with Crippen molar-refractivity contribution < 1.29 is 17.9 Å². The number of hydrogen-bond acceptors (Lipinski definition) is 5. The van der Waals surface area contributed by atoms with Crippen LogP contribution in [0.15, 0.2) is 78.0 Å². The Balaban J connectivity index is 1.55. The maximum Gasteiger partial charge on any atom is 0.319 e. The molecule has 2 amide bonds. The van der Waals surface area contributed by atoms with Crippen LogP contribution in [-0.2, 0) is 22.8 Å². The number of hydrogen-bond donors (Lipinski definition) is 2. The zero-order chi connectivity index (χ0) is 21.4. The highest BCUT2D eigenvalue weighted by Gasteiger charge is 2.15. The Labute approximate surface area is 176 Å². The van der Waals surface area contributed by atoms with Crippen molar-refractivity contribution in [3.05, 3.63) is 84.2 Å². The molecule has 0 fully saturated rings. The molecule has 2 aromatic carbocycles. The number of urea groups is 1. The van der Waals surface area contributed by atoms with Crippen molar-refractivity contribution in [1.82, 2.24) is 10.3 Å². The van der Waals surface area contributed by atoms with Crippen LogP contribution in [0.1, 0.15) is 11.1 Å². The third-order valence-electron chi connectivity index (χ3n) is 4.47. The largest absolute Gasteiger partial charge is 0.497 e. The second-order valence-electron chi connectivity index (χ2n) is 6.61. The summed E-state index contributed by atoms with van der Waals surface area (Å²) in [5.41, 5.74) is 2.33. The number of anilines is 1. The summed E-state index contributed by atoms with van der Waals surface area (Å²) in [5.74, 6) is 0.682. The average molecular weight is 426 g/mol. The Morgan fingerprint density at radius 3 is 2.43 bits per heavy atom. The summed E-state index contributed by atoms with van der Waals surface area (Å²) >= 11 is 0. The molecule has 1 heterocycles. The highest BCUT2D eigenvalue weighted by atomic mass is 32.2. The first-order chi connectivity index (χ1) is 14.5. The number of pyridine rings is 1. The van der Waals surface area contributed by atoms with Crippen LogP contribution in [0, 0.1) is 0 Å². The number of nitrogens with zero attached hydrogens (tertiary/aromatic N) is 1. The molecule has 0 saturated carbocycles. The van der Waals surface area contributed by atoms with E-state index in [0.29, 0.717) is 24.4 Å². The third kappa shape index (κ3) is 6.05. The Morgan fingerprint density at radius 1 is 1.00 bits per heavy atom. The maximum absolute atomic E-state index is 12.6. The molecule has 0 unspecified atom stereocenters. The number of methoxy groups -OCH3 is 1. The number of rotatable bonds is 8. The lowest BCUT2D eigenvalue weighted by Crippen LogP contribution is -2.28. The van der Waals surface area contributed by atoms with Gasteiger partial charge >= 0.3 is 6.03 Å². The van der Waals surface area contributed by atoms with Crippen LogP contribution in [0.25, 0.3) is 0 Å². The van der Waals surface area contributed by atoms with E-state index in [0.717, 1.165) is 11.1 Å². The number of aryl methyl sites for hydroxylation is 1. The van der Waals surface area contributed by atoms with E-state index in [1.165, 1.54) is 12.1 Å². The number of sulfone groups is 1. The van der Waals surface area contributed by atoms with Crippen LogP contribution in [0.3, 0.4) is 0 Å². The molecule has 3 rings (SSSR count). The molecule has 0 aliphatic heterocycles. The lowest BCUT2D eigenvalue weighted by atomic mass is 10.2. The van der Waals surface area contributed by atoms with Gasteiger partial charge in [0.25, 0.3) is 0 Å². The molecule has 0 spiro atoms. The van der Waals surface area contributed by atoms with E-state index in [1.807, 2.05) is 36.4 Å². The van der Waals surface area contributed by atoms with Gasteiger partial charge in [0.15, 0.2) is 9.84 Å². The minimum absolute atomic E-state index is 0.0145. The summed E-state index contributed by atoms with van der Waals surface area (Å²) in [4.78, 5) is 16.2. The van der Waals surface area contributed by atoms with Crippen LogP contribution in [0.5, 0.6) is 5.75 Å². The van der Waals surface area contributed by atoms with E-state index in [1.54, 1.807) is 31.6 Å². The first kappa shape index (κ1) is 21.3. The zero-order valence-electron chi connectivity index (χ0n) is 16.5. The minimum Gasteiger partial charge on any atom is -0.497 e. The predicted octanol–water partition coefficient (Wildman–Crippen LogP) is 3.43. The Hall–Kier alpha value is -3.39. The summed E-state index contributed by atoms with van der Waals surface area (Å²) in [6.07, 6.45) is 3.70. The molecule has 8 heteroatoms. The first-order valence-electron chi connectivity index (χ1n) is 9.36. The molecule has 156 valence electrons.